The van der Waals surface area contributed by atoms with Crippen LogP contribution in [0.5, 0.6) is 0 Å². The van der Waals surface area contributed by atoms with Crippen molar-refractivity contribution in [1.82, 2.24) is 4.90 Å². The smallest absolute Gasteiger partial charge is 0.426 e. The van der Waals surface area contributed by atoms with Crippen molar-refractivity contribution >= 4 is 35.3 Å². The number of hydrogen-bond acceptors (Lipinski definition) is 6. The van der Waals surface area contributed by atoms with Crippen LogP contribution in [0, 0.1) is 0 Å². The average Bonchev–Trinajstić information content (AvgIpc) is 2.87. The predicted octanol–water partition coefficient (Wildman–Crippen LogP) is 5.29. The highest BCUT2D eigenvalue weighted by molar-refractivity contribution is 6.32. The lowest BCUT2D eigenvalue weighted by molar-refractivity contribution is -0.168. The van der Waals surface area contributed by atoms with Crippen LogP contribution in [0.4, 0.5) is 10.5 Å². The van der Waals surface area contributed by atoms with E-state index in [0.29, 0.717) is 43.2 Å². The summed E-state index contributed by atoms with van der Waals surface area (Å²) >= 11 is 6.23. The first-order chi connectivity index (χ1) is 17.0. The quantitative estimate of drug-likeness (QED) is 0.296. The highest BCUT2D eigenvalue weighted by atomic mass is 35.5. The molecule has 1 aliphatic heterocycles. The summed E-state index contributed by atoms with van der Waals surface area (Å²) in [5, 5.41) is 3.24. The molecule has 0 bridgehead atoms. The van der Waals surface area contributed by atoms with E-state index in [1.54, 1.807) is 12.1 Å². The third-order valence-electron chi connectivity index (χ3n) is 5.76. The van der Waals surface area contributed by atoms with Crippen molar-refractivity contribution in [2.45, 2.75) is 25.5 Å². The Bertz CT molecular complexity index is 1190. The molecule has 8 heteroatoms. The van der Waals surface area contributed by atoms with Crippen molar-refractivity contribution < 1.29 is 23.9 Å². The van der Waals surface area contributed by atoms with Gasteiger partial charge in [-0.1, -0.05) is 78.3 Å². The minimum atomic E-state index is -1.35. The maximum absolute atomic E-state index is 12.3. The number of likely N-dealkylation sites (tertiary alicyclic amines) is 1. The van der Waals surface area contributed by atoms with Crippen molar-refractivity contribution in [1.29, 1.82) is 0 Å². The van der Waals surface area contributed by atoms with Gasteiger partial charge in [-0.2, -0.15) is 0 Å². The number of carbonyl (C=O) groups is 3. The van der Waals surface area contributed by atoms with Crippen LogP contribution in [0.25, 0.3) is 11.1 Å². The number of anilines is 1. The van der Waals surface area contributed by atoms with Crippen molar-refractivity contribution in [3.8, 4) is 11.1 Å². The van der Waals surface area contributed by atoms with Gasteiger partial charge in [0.2, 0.25) is 0 Å². The molecule has 1 amide bonds. The molecule has 0 spiro atoms. The summed E-state index contributed by atoms with van der Waals surface area (Å²) in [7, 11) is 0. The number of ether oxygens (including phenoxy) is 2. The van der Waals surface area contributed by atoms with Crippen molar-refractivity contribution in [2.24, 2.45) is 0 Å². The number of halogens is 1. The number of carbonyl (C=O) groups excluding carboxylic acids is 3. The molecule has 4 rings (SSSR count). The van der Waals surface area contributed by atoms with Crippen LogP contribution in [0.1, 0.15) is 18.4 Å². The number of hydrogen-bond donors (Lipinski definition) is 1. The van der Waals surface area contributed by atoms with Gasteiger partial charge in [0, 0.05) is 30.2 Å². The number of piperidine rings is 1. The molecule has 0 aromatic heterocycles. The first-order valence-electron chi connectivity index (χ1n) is 11.3. The molecule has 0 unspecified atom stereocenters. The summed E-state index contributed by atoms with van der Waals surface area (Å²) in [5.74, 6) is -2.53. The molecule has 0 atom stereocenters. The SMILES string of the molecule is O=C(Nc1ccccc1-c1ccccc1)OC(=O)C(=O)OC1CCN(Cc2ccccc2Cl)CC1. The molecule has 35 heavy (non-hydrogen) atoms. The number of nitrogens with one attached hydrogen (secondary N) is 1. The van der Waals surface area contributed by atoms with E-state index in [4.69, 9.17) is 16.3 Å². The second kappa shape index (κ2) is 11.6. The summed E-state index contributed by atoms with van der Waals surface area (Å²) in [6.07, 6.45) is -0.329. The summed E-state index contributed by atoms with van der Waals surface area (Å²) in [4.78, 5) is 38.8. The zero-order chi connectivity index (χ0) is 24.6. The van der Waals surface area contributed by atoms with E-state index in [0.717, 1.165) is 16.7 Å². The van der Waals surface area contributed by atoms with E-state index in [1.807, 2.05) is 66.7 Å². The van der Waals surface area contributed by atoms with Crippen LogP contribution in [-0.2, 0) is 25.6 Å². The molecular formula is C27H25ClN2O5. The Balaban J connectivity index is 1.25. The van der Waals surface area contributed by atoms with Crippen LogP contribution in [0.15, 0.2) is 78.9 Å². The van der Waals surface area contributed by atoms with Crippen molar-refractivity contribution in [2.75, 3.05) is 18.4 Å². The maximum atomic E-state index is 12.3. The Hall–Kier alpha value is -3.68. The van der Waals surface area contributed by atoms with E-state index in [2.05, 4.69) is 15.0 Å². The van der Waals surface area contributed by atoms with E-state index < -0.39 is 24.1 Å². The zero-order valence-corrected chi connectivity index (χ0v) is 19.7. The summed E-state index contributed by atoms with van der Waals surface area (Å²) < 4.78 is 9.95. The standard InChI is InChI=1S/C27H25ClN2O5/c28-23-12-6-4-10-20(23)18-30-16-14-21(15-17-30)34-25(31)26(32)35-27(33)29-24-13-7-5-11-22(24)19-8-2-1-3-9-19/h1-13,21H,14-18H2,(H,29,33). The van der Waals surface area contributed by atoms with E-state index >= 15 is 0 Å². The lowest BCUT2D eigenvalue weighted by atomic mass is 10.0. The molecule has 0 radical (unpaired) electrons. The van der Waals surface area contributed by atoms with Gasteiger partial charge in [-0.3, -0.25) is 10.2 Å². The van der Waals surface area contributed by atoms with Gasteiger partial charge in [-0.15, -0.1) is 0 Å². The average molecular weight is 493 g/mol. The summed E-state index contributed by atoms with van der Waals surface area (Å²) in [6, 6.07) is 24.2. The normalized spacial score (nSPS) is 14.2. The van der Waals surface area contributed by atoms with Gasteiger partial charge in [-0.05, 0) is 36.1 Å². The van der Waals surface area contributed by atoms with Gasteiger partial charge in [0.25, 0.3) is 0 Å². The van der Waals surface area contributed by atoms with Crippen molar-refractivity contribution in [3.05, 3.63) is 89.4 Å². The molecule has 3 aromatic carbocycles. The molecule has 1 fully saturated rings. The number of para-hydroxylation sites is 1. The summed E-state index contributed by atoms with van der Waals surface area (Å²) in [5.41, 5.74) is 3.13. The van der Waals surface area contributed by atoms with Gasteiger partial charge >= 0.3 is 18.0 Å². The molecule has 1 heterocycles. The molecule has 180 valence electrons. The van der Waals surface area contributed by atoms with Gasteiger partial charge in [-0.25, -0.2) is 14.4 Å². The number of esters is 2. The number of amides is 1. The molecule has 0 aliphatic carbocycles. The highest BCUT2D eigenvalue weighted by Crippen LogP contribution is 2.27. The Morgan fingerprint density at radius 2 is 1.51 bits per heavy atom. The first-order valence-corrected chi connectivity index (χ1v) is 11.7. The highest BCUT2D eigenvalue weighted by Gasteiger charge is 2.28. The fourth-order valence-corrected chi connectivity index (χ4v) is 4.17. The van der Waals surface area contributed by atoms with E-state index in [-0.39, 0.29) is 0 Å². The van der Waals surface area contributed by atoms with Gasteiger partial charge in [0.05, 0.1) is 5.69 Å². The second-order valence-electron chi connectivity index (χ2n) is 8.19. The third kappa shape index (κ3) is 6.68. The van der Waals surface area contributed by atoms with Crippen LogP contribution in [0.2, 0.25) is 5.02 Å². The summed E-state index contributed by atoms with van der Waals surface area (Å²) in [6.45, 7) is 2.08. The minimum Gasteiger partial charge on any atom is -0.454 e. The monoisotopic (exact) mass is 492 g/mol. The second-order valence-corrected chi connectivity index (χ2v) is 8.59. The number of benzene rings is 3. The molecule has 0 saturated carbocycles. The fourth-order valence-electron chi connectivity index (χ4n) is 3.98. The Kier molecular flexibility index (Phi) is 8.13. The Morgan fingerprint density at radius 1 is 0.857 bits per heavy atom. The fraction of sp³-hybridized carbons (Fsp3) is 0.222. The van der Waals surface area contributed by atoms with Gasteiger partial charge < -0.3 is 9.47 Å². The molecule has 3 aromatic rings. The van der Waals surface area contributed by atoms with E-state index in [1.165, 1.54) is 0 Å². The molecular weight excluding hydrogens is 468 g/mol. The number of nitrogens with zero attached hydrogens (tertiary/aromatic N) is 1. The molecule has 1 aliphatic rings. The largest absolute Gasteiger partial charge is 0.454 e. The zero-order valence-electron chi connectivity index (χ0n) is 19.0. The predicted molar refractivity (Wildman–Crippen MR) is 133 cm³/mol. The van der Waals surface area contributed by atoms with Crippen molar-refractivity contribution in [3.63, 3.8) is 0 Å². The van der Waals surface area contributed by atoms with Gasteiger partial charge in [0.15, 0.2) is 0 Å². The van der Waals surface area contributed by atoms with Gasteiger partial charge in [0.1, 0.15) is 6.10 Å². The first kappa shape index (κ1) is 24.4. The van der Waals surface area contributed by atoms with Crippen LogP contribution >= 0.6 is 11.6 Å². The maximum Gasteiger partial charge on any atom is 0.426 e. The molecule has 7 nitrogen and oxygen atoms in total. The lowest BCUT2D eigenvalue weighted by Gasteiger charge is -2.31. The van der Waals surface area contributed by atoms with Crippen LogP contribution in [0.3, 0.4) is 0 Å². The third-order valence-corrected chi connectivity index (χ3v) is 6.13. The molecule has 1 saturated heterocycles. The minimum absolute atomic E-state index is 0.417. The number of rotatable bonds is 5. The lowest BCUT2D eigenvalue weighted by Crippen LogP contribution is -2.39. The topological polar surface area (TPSA) is 84.9 Å². The van der Waals surface area contributed by atoms with E-state index in [9.17, 15) is 14.4 Å². The molecule has 1 N–H and O–H groups in total. The Morgan fingerprint density at radius 3 is 2.26 bits per heavy atom. The Labute approximate surface area is 208 Å². The van der Waals surface area contributed by atoms with Crippen LogP contribution < -0.4 is 5.32 Å². The van der Waals surface area contributed by atoms with Crippen LogP contribution in [-0.4, -0.2) is 42.1 Å².